The van der Waals surface area contributed by atoms with Crippen molar-refractivity contribution >= 4 is 34.3 Å². The molecule has 2 aromatic heterocycles. The van der Waals surface area contributed by atoms with Crippen molar-refractivity contribution in [1.29, 1.82) is 0 Å². The highest BCUT2D eigenvalue weighted by Gasteiger charge is 2.17. The van der Waals surface area contributed by atoms with Gasteiger partial charge in [-0.15, -0.1) is 0 Å². The second-order valence-corrected chi connectivity index (χ2v) is 7.34. The molecule has 30 heavy (non-hydrogen) atoms. The summed E-state index contributed by atoms with van der Waals surface area (Å²) in [6, 6.07) is 12.6. The molecule has 0 saturated carbocycles. The molecule has 0 saturated heterocycles. The number of fused-ring (bicyclic) bond motifs is 1. The second-order valence-electron chi connectivity index (χ2n) is 6.40. The molecule has 0 bridgehead atoms. The number of ether oxygens (including phenoxy) is 1. The molecule has 4 rings (SSSR count). The molecule has 9 nitrogen and oxygen atoms in total. The third kappa shape index (κ3) is 3.90. The molecule has 152 valence electrons. The van der Waals surface area contributed by atoms with E-state index in [2.05, 4.69) is 25.5 Å². The van der Waals surface area contributed by atoms with Crippen molar-refractivity contribution < 1.29 is 9.53 Å². The Bertz CT molecular complexity index is 1270. The van der Waals surface area contributed by atoms with E-state index < -0.39 is 0 Å². The van der Waals surface area contributed by atoms with Crippen LogP contribution in [-0.4, -0.2) is 43.5 Å². The van der Waals surface area contributed by atoms with Crippen LogP contribution in [0.3, 0.4) is 0 Å². The quantitative estimate of drug-likeness (QED) is 0.362. The standard InChI is InChI=1S/C20H18N6O3S/c1-12-7-8-16(29-2)15(9-12)23-17(27)10-30-20-24-14-6-4-3-5-13(14)18(28)26(20)19-21-11-22-25-19/h3-9,11H,10H2,1-2H3,(H,23,27)(H,21,22,25). The Kier molecular flexibility index (Phi) is 5.48. The summed E-state index contributed by atoms with van der Waals surface area (Å²) in [6.45, 7) is 1.93. The van der Waals surface area contributed by atoms with Gasteiger partial charge in [0.25, 0.3) is 5.56 Å². The highest BCUT2D eigenvalue weighted by Crippen LogP contribution is 2.26. The van der Waals surface area contributed by atoms with Crippen LogP contribution in [0.5, 0.6) is 5.75 Å². The summed E-state index contributed by atoms with van der Waals surface area (Å²) in [6.07, 6.45) is 1.31. The Hall–Kier alpha value is -3.66. The van der Waals surface area contributed by atoms with E-state index >= 15 is 0 Å². The summed E-state index contributed by atoms with van der Waals surface area (Å²) in [4.78, 5) is 34.2. The zero-order valence-corrected chi connectivity index (χ0v) is 17.1. The minimum atomic E-state index is -0.291. The van der Waals surface area contributed by atoms with Crippen LogP contribution in [0.2, 0.25) is 0 Å². The minimum absolute atomic E-state index is 0.0377. The number of aromatic nitrogens is 5. The van der Waals surface area contributed by atoms with Crippen LogP contribution in [0.4, 0.5) is 5.69 Å². The van der Waals surface area contributed by atoms with Crippen molar-refractivity contribution in [2.45, 2.75) is 12.1 Å². The molecule has 2 N–H and O–H groups in total. The molecule has 1 amide bonds. The molecular weight excluding hydrogens is 404 g/mol. The van der Waals surface area contributed by atoms with Crippen LogP contribution in [0.1, 0.15) is 5.56 Å². The van der Waals surface area contributed by atoms with Crippen molar-refractivity contribution in [2.75, 3.05) is 18.2 Å². The molecule has 10 heteroatoms. The molecule has 0 radical (unpaired) electrons. The molecule has 0 spiro atoms. The lowest BCUT2D eigenvalue weighted by Gasteiger charge is -2.12. The van der Waals surface area contributed by atoms with Gasteiger partial charge in [-0.25, -0.2) is 14.6 Å². The number of H-pyrrole nitrogens is 1. The number of para-hydroxylation sites is 1. The molecule has 0 unspecified atom stereocenters. The fourth-order valence-corrected chi connectivity index (χ4v) is 3.73. The predicted molar refractivity (Wildman–Crippen MR) is 114 cm³/mol. The van der Waals surface area contributed by atoms with Crippen molar-refractivity contribution in [2.24, 2.45) is 0 Å². The first-order chi connectivity index (χ1) is 14.6. The van der Waals surface area contributed by atoms with Gasteiger partial charge in [0.05, 0.1) is 29.5 Å². The average molecular weight is 422 g/mol. The van der Waals surface area contributed by atoms with Gasteiger partial charge in [-0.05, 0) is 36.8 Å². The van der Waals surface area contributed by atoms with Crippen LogP contribution in [0.15, 0.2) is 58.7 Å². The molecule has 0 aliphatic carbocycles. The Balaban J connectivity index is 1.63. The molecule has 2 aromatic carbocycles. The first kappa shape index (κ1) is 19.6. The molecule has 0 aliphatic heterocycles. The Morgan fingerprint density at radius 3 is 2.87 bits per heavy atom. The average Bonchev–Trinajstić information content (AvgIpc) is 3.27. The van der Waals surface area contributed by atoms with Crippen molar-refractivity contribution in [3.8, 4) is 11.7 Å². The fraction of sp³-hybridized carbons (Fsp3) is 0.150. The van der Waals surface area contributed by atoms with E-state index in [0.717, 1.165) is 17.3 Å². The molecule has 4 aromatic rings. The number of thioether (sulfide) groups is 1. The number of aromatic amines is 1. The van der Waals surface area contributed by atoms with Crippen molar-refractivity contribution in [3.05, 3.63) is 64.7 Å². The largest absolute Gasteiger partial charge is 0.495 e. The number of hydrogen-bond acceptors (Lipinski definition) is 7. The number of carbonyl (C=O) groups excluding carboxylic acids is 1. The first-order valence-corrected chi connectivity index (χ1v) is 10.00. The van der Waals surface area contributed by atoms with Gasteiger partial charge in [0.2, 0.25) is 11.9 Å². The number of amides is 1. The lowest BCUT2D eigenvalue weighted by atomic mass is 10.2. The van der Waals surface area contributed by atoms with E-state index in [1.165, 1.54) is 10.9 Å². The zero-order chi connectivity index (χ0) is 21.1. The van der Waals surface area contributed by atoms with Crippen LogP contribution >= 0.6 is 11.8 Å². The number of carbonyl (C=O) groups is 1. The summed E-state index contributed by atoms with van der Waals surface area (Å²) < 4.78 is 6.62. The van der Waals surface area contributed by atoms with Crippen LogP contribution < -0.4 is 15.6 Å². The Morgan fingerprint density at radius 1 is 1.27 bits per heavy atom. The van der Waals surface area contributed by atoms with Gasteiger partial charge in [0.1, 0.15) is 12.1 Å². The molecule has 0 atom stereocenters. The Morgan fingerprint density at radius 2 is 2.10 bits per heavy atom. The number of hydrogen-bond donors (Lipinski definition) is 2. The van der Waals surface area contributed by atoms with E-state index in [0.29, 0.717) is 27.5 Å². The number of rotatable bonds is 6. The first-order valence-electron chi connectivity index (χ1n) is 9.01. The van der Waals surface area contributed by atoms with Gasteiger partial charge in [-0.3, -0.25) is 9.59 Å². The van der Waals surface area contributed by atoms with Gasteiger partial charge in [0.15, 0.2) is 5.16 Å². The van der Waals surface area contributed by atoms with Crippen LogP contribution in [0, 0.1) is 6.92 Å². The predicted octanol–water partition coefficient (Wildman–Crippen LogP) is 2.55. The second kappa shape index (κ2) is 8.37. The highest BCUT2D eigenvalue weighted by atomic mass is 32.2. The van der Waals surface area contributed by atoms with Crippen LogP contribution in [0.25, 0.3) is 16.9 Å². The molecular formula is C20H18N6O3S. The molecule has 0 fully saturated rings. The van der Waals surface area contributed by atoms with E-state index in [1.807, 2.05) is 19.1 Å². The third-order valence-corrected chi connectivity index (χ3v) is 5.26. The summed E-state index contributed by atoms with van der Waals surface area (Å²) in [5.74, 6) is 0.592. The fourth-order valence-electron chi connectivity index (χ4n) is 2.94. The summed E-state index contributed by atoms with van der Waals surface area (Å²) in [5, 5.41) is 10.1. The number of nitrogens with zero attached hydrogens (tertiary/aromatic N) is 4. The number of nitrogens with one attached hydrogen (secondary N) is 2. The number of aryl methyl sites for hydroxylation is 1. The number of anilines is 1. The smallest absolute Gasteiger partial charge is 0.269 e. The van der Waals surface area contributed by atoms with E-state index in [9.17, 15) is 9.59 Å². The maximum absolute atomic E-state index is 13.0. The number of benzene rings is 2. The van der Waals surface area contributed by atoms with E-state index in [4.69, 9.17) is 4.74 Å². The van der Waals surface area contributed by atoms with Gasteiger partial charge in [0, 0.05) is 0 Å². The summed E-state index contributed by atoms with van der Waals surface area (Å²) in [7, 11) is 1.55. The Labute approximate surface area is 175 Å². The maximum Gasteiger partial charge on any atom is 0.269 e. The lowest BCUT2D eigenvalue weighted by Crippen LogP contribution is -2.24. The lowest BCUT2D eigenvalue weighted by molar-refractivity contribution is -0.113. The van der Waals surface area contributed by atoms with E-state index in [1.54, 1.807) is 37.4 Å². The monoisotopic (exact) mass is 422 g/mol. The minimum Gasteiger partial charge on any atom is -0.495 e. The van der Waals surface area contributed by atoms with Crippen LogP contribution in [-0.2, 0) is 4.79 Å². The van der Waals surface area contributed by atoms with Crippen molar-refractivity contribution in [1.82, 2.24) is 24.7 Å². The van der Waals surface area contributed by atoms with E-state index in [-0.39, 0.29) is 23.2 Å². The number of methoxy groups -OCH3 is 1. The zero-order valence-electron chi connectivity index (χ0n) is 16.2. The van der Waals surface area contributed by atoms with Gasteiger partial charge < -0.3 is 10.1 Å². The topological polar surface area (TPSA) is 115 Å². The maximum atomic E-state index is 13.0. The third-order valence-electron chi connectivity index (χ3n) is 4.32. The van der Waals surface area contributed by atoms with Gasteiger partial charge in [-0.2, -0.15) is 10.1 Å². The van der Waals surface area contributed by atoms with Gasteiger partial charge in [-0.1, -0.05) is 30.0 Å². The van der Waals surface area contributed by atoms with Crippen molar-refractivity contribution in [3.63, 3.8) is 0 Å². The summed E-state index contributed by atoms with van der Waals surface area (Å²) >= 11 is 1.13. The molecule has 0 aliphatic rings. The summed E-state index contributed by atoms with van der Waals surface area (Å²) in [5.41, 5.74) is 1.83. The highest BCUT2D eigenvalue weighted by molar-refractivity contribution is 7.99. The van der Waals surface area contributed by atoms with Gasteiger partial charge >= 0.3 is 0 Å². The normalized spacial score (nSPS) is 10.9. The molecule has 2 heterocycles. The SMILES string of the molecule is COc1ccc(C)cc1NC(=O)CSc1nc2ccccc2c(=O)n1-c1ncn[nH]1.